The van der Waals surface area contributed by atoms with Crippen LogP contribution in [0.1, 0.15) is 82.4 Å². The highest BCUT2D eigenvalue weighted by Crippen LogP contribution is 2.48. The van der Waals surface area contributed by atoms with Gasteiger partial charge >= 0.3 is 0 Å². The quantitative estimate of drug-likeness (QED) is 0.463. The molecule has 7 rings (SSSR count). The summed E-state index contributed by atoms with van der Waals surface area (Å²) in [7, 11) is 0. The first-order valence-electron chi connectivity index (χ1n) is 13.8. The van der Waals surface area contributed by atoms with Gasteiger partial charge in [0.05, 0.1) is 22.9 Å². The van der Waals surface area contributed by atoms with Crippen molar-refractivity contribution in [3.63, 3.8) is 0 Å². The van der Waals surface area contributed by atoms with Gasteiger partial charge < -0.3 is 4.57 Å². The molecule has 2 saturated carbocycles. The van der Waals surface area contributed by atoms with E-state index < -0.39 is 0 Å². The third-order valence-electron chi connectivity index (χ3n) is 9.50. The monoisotopic (exact) mass is 455 g/mol. The molecule has 5 heteroatoms. The minimum absolute atomic E-state index is 0.486. The number of hydrogen-bond donors (Lipinski definition) is 0. The zero-order valence-corrected chi connectivity index (χ0v) is 20.4. The Bertz CT molecular complexity index is 1140. The Morgan fingerprint density at radius 3 is 2.21 bits per heavy atom. The summed E-state index contributed by atoms with van der Waals surface area (Å²) in [4.78, 5) is 17.4. The van der Waals surface area contributed by atoms with Gasteiger partial charge in [0, 0.05) is 30.4 Å². The number of aromatic nitrogens is 4. The Labute approximate surface area is 203 Å². The molecular formula is C29H37N5. The molecule has 2 aliphatic heterocycles. The summed E-state index contributed by atoms with van der Waals surface area (Å²) < 4.78 is 2.53. The van der Waals surface area contributed by atoms with E-state index in [0.29, 0.717) is 6.04 Å². The third-order valence-corrected chi connectivity index (χ3v) is 9.50. The van der Waals surface area contributed by atoms with Crippen LogP contribution in [0, 0.1) is 18.8 Å². The maximum atomic E-state index is 5.08. The Kier molecular flexibility index (Phi) is 5.22. The number of nitrogens with zero attached hydrogens (tertiary/aromatic N) is 5. The number of piperidine rings is 2. The van der Waals surface area contributed by atoms with Crippen LogP contribution < -0.4 is 0 Å². The molecule has 178 valence electrons. The number of aryl methyl sites for hydroxylation is 1. The lowest BCUT2D eigenvalue weighted by atomic mass is 9.68. The first-order chi connectivity index (χ1) is 16.7. The molecule has 3 aromatic rings. The van der Waals surface area contributed by atoms with Crippen molar-refractivity contribution < 1.29 is 0 Å². The molecule has 2 aromatic heterocycles. The lowest BCUT2D eigenvalue weighted by Gasteiger charge is -2.55. The second kappa shape index (κ2) is 8.44. The van der Waals surface area contributed by atoms with Gasteiger partial charge in [-0.05, 0) is 75.8 Å². The maximum absolute atomic E-state index is 5.08. The van der Waals surface area contributed by atoms with Crippen molar-refractivity contribution in [1.82, 2.24) is 24.4 Å². The van der Waals surface area contributed by atoms with Crippen molar-refractivity contribution in [2.45, 2.75) is 102 Å². The van der Waals surface area contributed by atoms with Crippen molar-refractivity contribution in [1.29, 1.82) is 0 Å². The summed E-state index contributed by atoms with van der Waals surface area (Å²) in [6.07, 6.45) is 19.3. The molecule has 5 nitrogen and oxygen atoms in total. The molecule has 2 aliphatic carbocycles. The summed E-state index contributed by atoms with van der Waals surface area (Å²) in [6, 6.07) is 11.4. The van der Waals surface area contributed by atoms with Crippen LogP contribution in [0.3, 0.4) is 0 Å². The standard InChI is InChI=1S/C29H37N5/c1-19-17-31-27(18-30-19)29-32-26-10-2-3-11-28(26)34(29)25-15-22-8-5-9-23(16-25)33(22)24-13-20-6-4-7-21(12-20)14-24/h2-3,10-11,17-18,20-25H,4-9,12-16H2,1H3/t20-,21+,22-,23+,24+,25+. The molecular weight excluding hydrogens is 418 g/mol. The Morgan fingerprint density at radius 2 is 1.47 bits per heavy atom. The van der Waals surface area contributed by atoms with Gasteiger partial charge in [0.25, 0.3) is 0 Å². The first kappa shape index (κ1) is 21.0. The molecule has 6 atom stereocenters. The summed E-state index contributed by atoms with van der Waals surface area (Å²) in [5, 5.41) is 0. The molecule has 0 spiro atoms. The molecule has 2 saturated heterocycles. The van der Waals surface area contributed by atoms with E-state index >= 15 is 0 Å². The third kappa shape index (κ3) is 3.59. The predicted octanol–water partition coefficient (Wildman–Crippen LogP) is 6.33. The summed E-state index contributed by atoms with van der Waals surface area (Å²) in [6.45, 7) is 2.00. The SMILES string of the molecule is Cc1cnc(-c2nc3ccccc3n2[C@H]2C[C@H]3CCC[C@@H](C2)N3[C@H]2C[C@@H]3CCC[C@@H](C3)C2)cn1. The van der Waals surface area contributed by atoms with Crippen LogP contribution in [0.2, 0.25) is 0 Å². The second-order valence-corrected chi connectivity index (χ2v) is 11.7. The molecule has 4 fully saturated rings. The molecule has 0 N–H and O–H groups in total. The van der Waals surface area contributed by atoms with Crippen molar-refractivity contribution >= 4 is 11.0 Å². The zero-order chi connectivity index (χ0) is 22.6. The smallest absolute Gasteiger partial charge is 0.161 e. The van der Waals surface area contributed by atoms with Crippen LogP contribution in [0.4, 0.5) is 0 Å². The summed E-state index contributed by atoms with van der Waals surface area (Å²) in [5.41, 5.74) is 4.18. The first-order valence-corrected chi connectivity index (χ1v) is 13.8. The van der Waals surface area contributed by atoms with Crippen LogP contribution >= 0.6 is 0 Å². The number of para-hydroxylation sites is 2. The average Bonchev–Trinajstić information content (AvgIpc) is 3.23. The number of fused-ring (bicyclic) bond motifs is 5. The number of hydrogen-bond acceptors (Lipinski definition) is 4. The fourth-order valence-electron chi connectivity index (χ4n) is 8.24. The minimum Gasteiger partial charge on any atom is -0.319 e. The fourth-order valence-corrected chi connectivity index (χ4v) is 8.24. The van der Waals surface area contributed by atoms with Crippen molar-refractivity contribution in [2.75, 3.05) is 0 Å². The van der Waals surface area contributed by atoms with Gasteiger partial charge in [-0.25, -0.2) is 9.97 Å². The van der Waals surface area contributed by atoms with Crippen LogP contribution in [0.5, 0.6) is 0 Å². The number of rotatable bonds is 3. The van der Waals surface area contributed by atoms with E-state index in [-0.39, 0.29) is 0 Å². The van der Waals surface area contributed by atoms with Crippen LogP contribution in [0.15, 0.2) is 36.7 Å². The average molecular weight is 456 g/mol. The Morgan fingerprint density at radius 1 is 0.735 bits per heavy atom. The lowest BCUT2D eigenvalue weighted by Crippen LogP contribution is -2.58. The van der Waals surface area contributed by atoms with E-state index in [2.05, 4.69) is 38.7 Å². The molecule has 4 aliphatic rings. The molecule has 4 heterocycles. The van der Waals surface area contributed by atoms with Gasteiger partial charge in [-0.2, -0.15) is 0 Å². The highest BCUT2D eigenvalue weighted by molar-refractivity contribution is 5.80. The van der Waals surface area contributed by atoms with E-state index in [9.17, 15) is 0 Å². The molecule has 4 bridgehead atoms. The molecule has 0 amide bonds. The largest absolute Gasteiger partial charge is 0.319 e. The molecule has 0 unspecified atom stereocenters. The van der Waals surface area contributed by atoms with Crippen LogP contribution in [-0.2, 0) is 0 Å². The normalized spacial score (nSPS) is 33.8. The Balaban J connectivity index is 1.23. The van der Waals surface area contributed by atoms with E-state index in [1.807, 2.05) is 19.3 Å². The van der Waals surface area contributed by atoms with Gasteiger partial charge in [-0.15, -0.1) is 0 Å². The molecule has 1 aromatic carbocycles. The topological polar surface area (TPSA) is 46.8 Å². The highest BCUT2D eigenvalue weighted by atomic mass is 15.3. The van der Waals surface area contributed by atoms with Gasteiger partial charge in [-0.1, -0.05) is 37.8 Å². The van der Waals surface area contributed by atoms with Gasteiger partial charge in [-0.3, -0.25) is 9.88 Å². The maximum Gasteiger partial charge on any atom is 0.161 e. The van der Waals surface area contributed by atoms with E-state index in [1.54, 1.807) is 0 Å². The van der Waals surface area contributed by atoms with Crippen molar-refractivity contribution in [2.24, 2.45) is 11.8 Å². The second-order valence-electron chi connectivity index (χ2n) is 11.7. The van der Waals surface area contributed by atoms with Crippen LogP contribution in [-0.4, -0.2) is 42.5 Å². The van der Waals surface area contributed by atoms with Gasteiger partial charge in [0.1, 0.15) is 5.69 Å². The Hall–Kier alpha value is -2.27. The predicted molar refractivity (Wildman–Crippen MR) is 136 cm³/mol. The summed E-state index contributed by atoms with van der Waals surface area (Å²) >= 11 is 0. The van der Waals surface area contributed by atoms with Crippen LogP contribution in [0.25, 0.3) is 22.6 Å². The lowest BCUT2D eigenvalue weighted by molar-refractivity contribution is -0.0480. The molecule has 0 radical (unpaired) electrons. The number of imidazole rings is 1. The van der Waals surface area contributed by atoms with Gasteiger partial charge in [0.15, 0.2) is 5.82 Å². The van der Waals surface area contributed by atoms with Gasteiger partial charge in [0.2, 0.25) is 0 Å². The van der Waals surface area contributed by atoms with Crippen molar-refractivity contribution in [3.05, 3.63) is 42.4 Å². The van der Waals surface area contributed by atoms with Crippen molar-refractivity contribution in [3.8, 4) is 11.5 Å². The highest BCUT2D eigenvalue weighted by Gasteiger charge is 2.45. The fraction of sp³-hybridized carbons (Fsp3) is 0.621. The molecule has 34 heavy (non-hydrogen) atoms. The van der Waals surface area contributed by atoms with E-state index in [0.717, 1.165) is 52.7 Å². The van der Waals surface area contributed by atoms with E-state index in [1.165, 1.54) is 76.1 Å². The minimum atomic E-state index is 0.486. The zero-order valence-electron chi connectivity index (χ0n) is 20.4. The van der Waals surface area contributed by atoms with E-state index in [4.69, 9.17) is 9.97 Å². The number of benzene rings is 1. The summed E-state index contributed by atoms with van der Waals surface area (Å²) in [5.74, 6) is 3.00.